The van der Waals surface area contributed by atoms with Crippen LogP contribution >= 0.6 is 0 Å². The molecule has 10 heteroatoms. The molecular formula is C26H23N5O5. The van der Waals surface area contributed by atoms with Crippen molar-refractivity contribution in [2.24, 2.45) is 11.8 Å². The summed E-state index contributed by atoms with van der Waals surface area (Å²) < 4.78 is 12.2. The second-order valence-corrected chi connectivity index (χ2v) is 9.65. The van der Waals surface area contributed by atoms with Gasteiger partial charge in [-0.1, -0.05) is 12.1 Å². The number of benzene rings is 2. The highest BCUT2D eigenvalue weighted by Gasteiger charge is 2.43. The van der Waals surface area contributed by atoms with E-state index in [1.165, 1.54) is 10.8 Å². The Bertz CT molecular complexity index is 1620. The zero-order chi connectivity index (χ0) is 25.6. The Balaban J connectivity index is 1.60. The van der Waals surface area contributed by atoms with E-state index < -0.39 is 17.5 Å². The van der Waals surface area contributed by atoms with Crippen molar-refractivity contribution in [1.82, 2.24) is 9.55 Å². The lowest BCUT2D eigenvalue weighted by atomic mass is 10.1. The Morgan fingerprint density at radius 3 is 2.69 bits per heavy atom. The first-order chi connectivity index (χ1) is 17.1. The molecule has 4 aromatic rings. The molecule has 2 atom stereocenters. The number of hydrogen-bond donors (Lipinski definition) is 2. The monoisotopic (exact) mass is 485 g/mol. The van der Waals surface area contributed by atoms with Crippen molar-refractivity contribution in [1.29, 1.82) is 5.26 Å². The molecule has 1 fully saturated rings. The van der Waals surface area contributed by atoms with Crippen LogP contribution in [0.15, 0.2) is 57.9 Å². The number of aromatic nitrogens is 2. The van der Waals surface area contributed by atoms with E-state index in [2.05, 4.69) is 21.7 Å². The van der Waals surface area contributed by atoms with E-state index in [1.54, 1.807) is 63.2 Å². The highest BCUT2D eigenvalue weighted by atomic mass is 16.6. The topological polar surface area (TPSA) is 139 Å². The van der Waals surface area contributed by atoms with Gasteiger partial charge in [-0.15, -0.1) is 0 Å². The molecular weight excluding hydrogens is 462 g/mol. The minimum absolute atomic E-state index is 0.270. The van der Waals surface area contributed by atoms with Crippen LogP contribution in [-0.2, 0) is 9.53 Å². The van der Waals surface area contributed by atoms with Crippen molar-refractivity contribution in [3.05, 3.63) is 59.2 Å². The number of anilines is 2. The Kier molecular flexibility index (Phi) is 5.48. The van der Waals surface area contributed by atoms with E-state index in [9.17, 15) is 14.4 Å². The fourth-order valence-electron chi connectivity index (χ4n) is 4.01. The van der Waals surface area contributed by atoms with Gasteiger partial charge in [0.15, 0.2) is 5.58 Å². The van der Waals surface area contributed by atoms with Gasteiger partial charge in [-0.3, -0.25) is 10.1 Å². The molecule has 2 heterocycles. The average molecular weight is 486 g/mol. The lowest BCUT2D eigenvalue weighted by Gasteiger charge is -2.20. The van der Waals surface area contributed by atoms with Crippen LogP contribution in [0.4, 0.5) is 16.3 Å². The molecule has 0 aliphatic heterocycles. The van der Waals surface area contributed by atoms with Crippen molar-refractivity contribution in [2.75, 3.05) is 10.6 Å². The SMILES string of the molecule is CC(C)(C)OC(=O)Nc1cc(-n2c(=O)oc3ccccc32)cc2cc(NC(=O)C3CC3C#N)ncc12. The molecule has 1 saturated carbocycles. The van der Waals surface area contributed by atoms with Gasteiger partial charge in [0.25, 0.3) is 0 Å². The van der Waals surface area contributed by atoms with E-state index in [0.717, 1.165) is 0 Å². The predicted octanol–water partition coefficient (Wildman–Crippen LogP) is 4.58. The number of ether oxygens (including phenoxy) is 1. The first-order valence-electron chi connectivity index (χ1n) is 11.4. The molecule has 0 spiro atoms. The summed E-state index contributed by atoms with van der Waals surface area (Å²) in [6.45, 7) is 5.27. The normalized spacial score (nSPS) is 16.9. The van der Waals surface area contributed by atoms with Crippen LogP contribution in [0.25, 0.3) is 27.6 Å². The van der Waals surface area contributed by atoms with Crippen molar-refractivity contribution in [2.45, 2.75) is 32.8 Å². The minimum atomic E-state index is -0.713. The zero-order valence-electron chi connectivity index (χ0n) is 19.9. The van der Waals surface area contributed by atoms with Crippen LogP contribution in [0.3, 0.4) is 0 Å². The maximum atomic E-state index is 12.7. The molecule has 0 bridgehead atoms. The summed E-state index contributed by atoms with van der Waals surface area (Å²) in [7, 11) is 0. The molecule has 2 unspecified atom stereocenters. The molecule has 2 aromatic heterocycles. The van der Waals surface area contributed by atoms with E-state index in [-0.39, 0.29) is 17.7 Å². The van der Waals surface area contributed by atoms with Gasteiger partial charge in [-0.2, -0.15) is 5.26 Å². The van der Waals surface area contributed by atoms with Crippen LogP contribution in [0, 0.1) is 23.2 Å². The van der Waals surface area contributed by atoms with Crippen LogP contribution in [0.1, 0.15) is 27.2 Å². The van der Waals surface area contributed by atoms with Crippen molar-refractivity contribution < 1.29 is 18.7 Å². The number of pyridine rings is 1. The molecule has 1 aliphatic rings. The second-order valence-electron chi connectivity index (χ2n) is 9.65. The number of nitrogens with one attached hydrogen (secondary N) is 2. The van der Waals surface area contributed by atoms with E-state index >= 15 is 0 Å². The number of oxazole rings is 1. The Morgan fingerprint density at radius 1 is 1.19 bits per heavy atom. The van der Waals surface area contributed by atoms with Crippen molar-refractivity contribution in [3.63, 3.8) is 0 Å². The smallest absolute Gasteiger partial charge is 0.424 e. The van der Waals surface area contributed by atoms with Gasteiger partial charge in [0.1, 0.15) is 11.4 Å². The van der Waals surface area contributed by atoms with Gasteiger partial charge >= 0.3 is 11.8 Å². The lowest BCUT2D eigenvalue weighted by Crippen LogP contribution is -2.27. The molecule has 5 rings (SSSR count). The molecule has 36 heavy (non-hydrogen) atoms. The lowest BCUT2D eigenvalue weighted by molar-refractivity contribution is -0.117. The van der Waals surface area contributed by atoms with E-state index in [1.807, 2.05) is 0 Å². The summed E-state index contributed by atoms with van der Waals surface area (Å²) in [4.78, 5) is 42.1. The molecule has 0 radical (unpaired) electrons. The third-order valence-electron chi connectivity index (χ3n) is 5.75. The number of para-hydroxylation sites is 2. The van der Waals surface area contributed by atoms with Crippen LogP contribution in [0.2, 0.25) is 0 Å². The van der Waals surface area contributed by atoms with Crippen molar-refractivity contribution in [3.8, 4) is 11.8 Å². The van der Waals surface area contributed by atoms with Gasteiger partial charge in [0.2, 0.25) is 5.91 Å². The number of fused-ring (bicyclic) bond motifs is 2. The van der Waals surface area contributed by atoms with Gasteiger partial charge in [-0.05, 0) is 62.9 Å². The standard InChI is InChI=1S/C26H23N5O5/c1-26(2,3)36-24(33)29-19-11-16(31-20-6-4-5-7-21(20)35-25(31)34)8-14-10-22(28-13-18(14)19)30-23(32)17-9-15(17)12-27/h4-8,10-11,13,15,17H,9H2,1-3H3,(H,29,33)(H,28,30,32). The molecule has 10 nitrogen and oxygen atoms in total. The number of amides is 2. The van der Waals surface area contributed by atoms with Crippen LogP contribution in [0.5, 0.6) is 0 Å². The van der Waals surface area contributed by atoms with E-state index in [0.29, 0.717) is 45.5 Å². The number of rotatable bonds is 4. The first-order valence-corrected chi connectivity index (χ1v) is 11.4. The third kappa shape index (κ3) is 4.51. The summed E-state index contributed by atoms with van der Waals surface area (Å²) in [5.74, 6) is -1.19. The zero-order valence-corrected chi connectivity index (χ0v) is 19.9. The van der Waals surface area contributed by atoms with Crippen LogP contribution < -0.4 is 16.4 Å². The summed E-state index contributed by atoms with van der Waals surface area (Å²) in [6, 6.07) is 14.1. The summed E-state index contributed by atoms with van der Waals surface area (Å²) in [6.07, 6.45) is 1.38. The molecule has 0 saturated heterocycles. The number of carbonyl (C=O) groups is 2. The number of carbonyl (C=O) groups excluding carboxylic acids is 2. The number of nitriles is 1. The molecule has 2 aromatic carbocycles. The number of nitrogens with zero attached hydrogens (tertiary/aromatic N) is 3. The molecule has 1 aliphatic carbocycles. The maximum Gasteiger partial charge on any atom is 0.424 e. The van der Waals surface area contributed by atoms with Crippen molar-refractivity contribution >= 4 is 45.4 Å². The van der Waals surface area contributed by atoms with Crippen LogP contribution in [-0.4, -0.2) is 27.2 Å². The average Bonchev–Trinajstić information content (AvgIpc) is 3.52. The summed E-state index contributed by atoms with van der Waals surface area (Å²) in [5, 5.41) is 15.7. The van der Waals surface area contributed by atoms with Gasteiger partial charge in [0, 0.05) is 11.6 Å². The highest BCUT2D eigenvalue weighted by Crippen LogP contribution is 2.38. The minimum Gasteiger partial charge on any atom is -0.444 e. The molecule has 2 N–H and O–H groups in total. The maximum absolute atomic E-state index is 12.7. The van der Waals surface area contributed by atoms with Gasteiger partial charge < -0.3 is 14.5 Å². The fraction of sp³-hybridized carbons (Fsp3) is 0.269. The number of hydrogen-bond acceptors (Lipinski definition) is 7. The Hall–Kier alpha value is -4.65. The third-order valence-corrected chi connectivity index (χ3v) is 5.75. The largest absolute Gasteiger partial charge is 0.444 e. The Labute approximate surface area is 205 Å². The quantitative estimate of drug-likeness (QED) is 0.431. The van der Waals surface area contributed by atoms with Gasteiger partial charge in [-0.25, -0.2) is 19.1 Å². The molecule has 182 valence electrons. The molecule has 2 amide bonds. The first kappa shape index (κ1) is 23.1. The predicted molar refractivity (Wildman–Crippen MR) is 133 cm³/mol. The van der Waals surface area contributed by atoms with Gasteiger partial charge in [0.05, 0.1) is 34.8 Å². The second kappa shape index (κ2) is 8.53. The highest BCUT2D eigenvalue weighted by molar-refractivity contribution is 6.03. The Morgan fingerprint density at radius 2 is 1.97 bits per heavy atom. The fourth-order valence-corrected chi connectivity index (χ4v) is 4.01. The van der Waals surface area contributed by atoms with E-state index in [4.69, 9.17) is 14.4 Å². The summed E-state index contributed by atoms with van der Waals surface area (Å²) >= 11 is 0. The summed E-state index contributed by atoms with van der Waals surface area (Å²) in [5.41, 5.74) is 1.08.